The first-order valence-corrected chi connectivity index (χ1v) is 13.1. The summed E-state index contributed by atoms with van der Waals surface area (Å²) in [5.41, 5.74) is 0. The Balaban J connectivity index is 4.75. The summed E-state index contributed by atoms with van der Waals surface area (Å²) in [6.45, 7) is 21.2. The summed E-state index contributed by atoms with van der Waals surface area (Å²) < 4.78 is 11.6. The summed E-state index contributed by atoms with van der Waals surface area (Å²) in [4.78, 5) is 23.3. The highest BCUT2D eigenvalue weighted by Gasteiger charge is 2.39. The van der Waals surface area contributed by atoms with E-state index < -0.39 is 8.32 Å². The molecule has 0 aliphatic rings. The van der Waals surface area contributed by atoms with Crippen LogP contribution in [0.5, 0.6) is 0 Å². The normalized spacial score (nSPS) is 17.4. The Labute approximate surface area is 168 Å². The number of allylic oxidation sites excluding steroid dienone is 1. The summed E-state index contributed by atoms with van der Waals surface area (Å²) in [6.07, 6.45) is 5.49. The van der Waals surface area contributed by atoms with Gasteiger partial charge in [-0.3, -0.25) is 9.59 Å². The van der Waals surface area contributed by atoms with E-state index in [0.29, 0.717) is 13.0 Å². The van der Waals surface area contributed by atoms with Crippen LogP contribution < -0.4 is 0 Å². The molecule has 0 fully saturated rings. The van der Waals surface area contributed by atoms with Crippen LogP contribution in [0.25, 0.3) is 0 Å². The molecule has 0 aromatic heterocycles. The third kappa shape index (κ3) is 9.70. The van der Waals surface area contributed by atoms with E-state index in [9.17, 15) is 9.59 Å². The second-order valence-electron chi connectivity index (χ2n) is 9.49. The number of hydrogen-bond donors (Lipinski definition) is 0. The Morgan fingerprint density at radius 1 is 1.11 bits per heavy atom. The van der Waals surface area contributed by atoms with Crippen molar-refractivity contribution in [2.75, 3.05) is 6.61 Å². The molecule has 0 aromatic rings. The maximum Gasteiger partial charge on any atom is 0.302 e. The molecular formula is C22H42O4Si. The van der Waals surface area contributed by atoms with E-state index in [1.165, 1.54) is 6.92 Å². The smallest absolute Gasteiger partial charge is 0.302 e. The number of hydrogen-bond acceptors (Lipinski definition) is 4. The van der Waals surface area contributed by atoms with Crippen LogP contribution in [0.1, 0.15) is 68.2 Å². The van der Waals surface area contributed by atoms with Gasteiger partial charge in [0.15, 0.2) is 14.1 Å². The van der Waals surface area contributed by atoms with Crippen molar-refractivity contribution in [3.63, 3.8) is 0 Å². The van der Waals surface area contributed by atoms with Crippen LogP contribution in [0.15, 0.2) is 12.2 Å². The molecule has 0 bridgehead atoms. The van der Waals surface area contributed by atoms with Crippen LogP contribution in [-0.4, -0.2) is 32.8 Å². The van der Waals surface area contributed by atoms with Crippen LogP contribution in [0.2, 0.25) is 18.1 Å². The SMILES string of the molecule is CC[C@@H](O[Si](C)(C)C(C)(C)C)[C@H](C)/C=C/C(=O)[C@H](C)C[C@H](C)COC(C)=O. The minimum absolute atomic E-state index is 0.0830. The monoisotopic (exact) mass is 398 g/mol. The lowest BCUT2D eigenvalue weighted by Gasteiger charge is -2.40. The van der Waals surface area contributed by atoms with Crippen molar-refractivity contribution in [2.45, 2.75) is 92.5 Å². The first kappa shape index (κ1) is 26.1. The van der Waals surface area contributed by atoms with Crippen molar-refractivity contribution in [3.05, 3.63) is 12.2 Å². The molecule has 4 atom stereocenters. The Morgan fingerprint density at radius 2 is 1.67 bits per heavy atom. The molecule has 0 radical (unpaired) electrons. The van der Waals surface area contributed by atoms with E-state index in [1.807, 2.05) is 19.9 Å². The number of ketones is 1. The van der Waals surface area contributed by atoms with E-state index in [2.05, 4.69) is 47.7 Å². The van der Waals surface area contributed by atoms with Gasteiger partial charge < -0.3 is 9.16 Å². The predicted molar refractivity (Wildman–Crippen MR) is 115 cm³/mol. The van der Waals surface area contributed by atoms with Gasteiger partial charge in [0.25, 0.3) is 0 Å². The topological polar surface area (TPSA) is 52.6 Å². The summed E-state index contributed by atoms with van der Waals surface area (Å²) in [5, 5.41) is 0.173. The molecule has 0 aliphatic heterocycles. The van der Waals surface area contributed by atoms with Gasteiger partial charge in [0.05, 0.1) is 12.7 Å². The Kier molecular flexibility index (Phi) is 10.8. The van der Waals surface area contributed by atoms with Crippen LogP contribution >= 0.6 is 0 Å². The molecule has 0 N–H and O–H groups in total. The van der Waals surface area contributed by atoms with Crippen LogP contribution in [-0.2, 0) is 18.8 Å². The molecular weight excluding hydrogens is 356 g/mol. The van der Waals surface area contributed by atoms with Gasteiger partial charge in [-0.1, -0.05) is 54.5 Å². The average molecular weight is 399 g/mol. The first-order valence-electron chi connectivity index (χ1n) is 10.2. The summed E-state index contributed by atoms with van der Waals surface area (Å²) >= 11 is 0. The number of carbonyl (C=O) groups is 2. The lowest BCUT2D eigenvalue weighted by molar-refractivity contribution is -0.142. The Hall–Kier alpha value is -0.943. The van der Waals surface area contributed by atoms with Crippen LogP contribution in [0, 0.1) is 17.8 Å². The van der Waals surface area contributed by atoms with Crippen molar-refractivity contribution in [2.24, 2.45) is 17.8 Å². The van der Waals surface area contributed by atoms with Gasteiger partial charge >= 0.3 is 5.97 Å². The lowest BCUT2D eigenvalue weighted by atomic mass is 9.93. The molecule has 0 unspecified atom stereocenters. The lowest BCUT2D eigenvalue weighted by Crippen LogP contribution is -2.45. The molecule has 4 nitrogen and oxygen atoms in total. The molecule has 5 heteroatoms. The van der Waals surface area contributed by atoms with Crippen LogP contribution in [0.4, 0.5) is 0 Å². The molecule has 158 valence electrons. The van der Waals surface area contributed by atoms with Gasteiger partial charge in [0.1, 0.15) is 0 Å². The fourth-order valence-electron chi connectivity index (χ4n) is 2.70. The third-order valence-electron chi connectivity index (χ3n) is 5.62. The number of carbonyl (C=O) groups excluding carboxylic acids is 2. The van der Waals surface area contributed by atoms with Gasteiger partial charge in [-0.2, -0.15) is 0 Å². The Morgan fingerprint density at radius 3 is 2.11 bits per heavy atom. The zero-order chi connectivity index (χ0) is 21.4. The number of esters is 1. The molecule has 0 saturated carbocycles. The largest absolute Gasteiger partial charge is 0.466 e. The summed E-state index contributed by atoms with van der Waals surface area (Å²) in [6, 6.07) is 0. The van der Waals surface area contributed by atoms with Crippen molar-refractivity contribution >= 4 is 20.1 Å². The molecule has 0 aliphatic carbocycles. The minimum Gasteiger partial charge on any atom is -0.466 e. The van der Waals surface area contributed by atoms with Gasteiger partial charge in [-0.15, -0.1) is 0 Å². The zero-order valence-electron chi connectivity index (χ0n) is 19.2. The maximum atomic E-state index is 12.4. The van der Waals surface area contributed by atoms with Gasteiger partial charge in [-0.05, 0) is 48.9 Å². The van der Waals surface area contributed by atoms with Gasteiger partial charge in [0.2, 0.25) is 0 Å². The number of ether oxygens (including phenoxy) is 1. The Bertz CT molecular complexity index is 505. The second-order valence-corrected chi connectivity index (χ2v) is 14.2. The van der Waals surface area contributed by atoms with Crippen molar-refractivity contribution in [3.8, 4) is 0 Å². The molecule has 0 heterocycles. The van der Waals surface area contributed by atoms with Crippen molar-refractivity contribution in [1.29, 1.82) is 0 Å². The quantitative estimate of drug-likeness (QED) is 0.252. The van der Waals surface area contributed by atoms with Gasteiger partial charge in [-0.25, -0.2) is 0 Å². The predicted octanol–water partition coefficient (Wildman–Crippen LogP) is 5.77. The third-order valence-corrected chi connectivity index (χ3v) is 10.1. The second kappa shape index (κ2) is 11.2. The number of rotatable bonds is 11. The highest BCUT2D eigenvalue weighted by molar-refractivity contribution is 6.74. The highest BCUT2D eigenvalue weighted by Crippen LogP contribution is 2.38. The fraction of sp³-hybridized carbons (Fsp3) is 0.818. The standard InChI is InChI=1S/C22H42O4Si/c1-11-21(26-27(9,10)22(6,7)8)17(3)12-13-20(24)18(4)14-16(2)15-25-19(5)23/h12-13,16-18,21H,11,14-15H2,1-10H3/b13-12+/t16-,17+,18+,21+/m0/s1. The van der Waals surface area contributed by atoms with E-state index in [0.717, 1.165) is 6.42 Å². The molecule has 0 rings (SSSR count). The fourth-order valence-corrected chi connectivity index (χ4v) is 4.19. The van der Waals surface area contributed by atoms with Crippen molar-refractivity contribution < 1.29 is 18.8 Å². The molecule has 0 aromatic carbocycles. The summed E-state index contributed by atoms with van der Waals surface area (Å²) in [7, 11) is -1.83. The first-order chi connectivity index (χ1) is 12.2. The van der Waals surface area contributed by atoms with E-state index in [1.54, 1.807) is 6.08 Å². The van der Waals surface area contributed by atoms with E-state index in [-0.39, 0.29) is 40.6 Å². The minimum atomic E-state index is -1.83. The molecule has 27 heavy (non-hydrogen) atoms. The molecule has 0 saturated heterocycles. The van der Waals surface area contributed by atoms with E-state index >= 15 is 0 Å². The highest BCUT2D eigenvalue weighted by atomic mass is 28.4. The zero-order valence-corrected chi connectivity index (χ0v) is 20.2. The maximum absolute atomic E-state index is 12.4. The average Bonchev–Trinajstić information content (AvgIpc) is 2.54. The van der Waals surface area contributed by atoms with Crippen molar-refractivity contribution in [1.82, 2.24) is 0 Å². The molecule has 0 spiro atoms. The van der Waals surface area contributed by atoms with Gasteiger partial charge in [0, 0.05) is 12.8 Å². The summed E-state index contributed by atoms with van der Waals surface area (Å²) in [5.74, 6) is 0.128. The molecule has 0 amide bonds. The van der Waals surface area contributed by atoms with E-state index in [4.69, 9.17) is 9.16 Å². The van der Waals surface area contributed by atoms with Crippen LogP contribution in [0.3, 0.4) is 0 Å².